The molecule has 1 atom stereocenters. The van der Waals surface area contributed by atoms with Crippen molar-refractivity contribution in [1.82, 2.24) is 4.98 Å². The average molecular weight is 285 g/mol. The minimum atomic E-state index is -0.412. The Morgan fingerprint density at radius 2 is 2.24 bits per heavy atom. The Morgan fingerprint density at radius 1 is 1.43 bits per heavy atom. The summed E-state index contributed by atoms with van der Waals surface area (Å²) in [6.07, 6.45) is 1.00. The number of aromatic nitrogens is 1. The molecule has 110 valence electrons. The molecule has 0 bridgehead atoms. The van der Waals surface area contributed by atoms with Gasteiger partial charge in [-0.1, -0.05) is 18.2 Å². The van der Waals surface area contributed by atoms with Gasteiger partial charge in [0.1, 0.15) is 0 Å². The number of H-pyrrole nitrogens is 1. The summed E-state index contributed by atoms with van der Waals surface area (Å²) in [4.78, 5) is 14.6. The molecule has 5 nitrogen and oxygen atoms in total. The molecule has 1 amide bonds. The van der Waals surface area contributed by atoms with Crippen LogP contribution in [0.1, 0.15) is 22.5 Å². The molecular formula is C16H19N3O2. The molecule has 5 heteroatoms. The van der Waals surface area contributed by atoms with Crippen LogP contribution in [-0.2, 0) is 4.74 Å². The van der Waals surface area contributed by atoms with Crippen LogP contribution >= 0.6 is 0 Å². The molecule has 0 spiro atoms. The number of benzene rings is 1. The summed E-state index contributed by atoms with van der Waals surface area (Å²) < 4.78 is 5.40. The Bertz CT molecular complexity index is 657. The number of anilines is 1. The van der Waals surface area contributed by atoms with Crippen LogP contribution in [0.3, 0.4) is 0 Å². The number of primary amides is 1. The van der Waals surface area contributed by atoms with Crippen molar-refractivity contribution in [3.63, 3.8) is 0 Å². The maximum Gasteiger partial charge on any atom is 0.250 e. The summed E-state index contributed by atoms with van der Waals surface area (Å²) in [6, 6.07) is 10.2. The van der Waals surface area contributed by atoms with Crippen LogP contribution in [0.2, 0.25) is 0 Å². The van der Waals surface area contributed by atoms with Crippen molar-refractivity contribution in [2.24, 2.45) is 5.73 Å². The Labute approximate surface area is 123 Å². The third-order valence-electron chi connectivity index (χ3n) is 3.79. The molecule has 2 heterocycles. The summed E-state index contributed by atoms with van der Waals surface area (Å²) in [5.74, 6) is -0.412. The summed E-state index contributed by atoms with van der Waals surface area (Å²) in [6.45, 7) is 3.38. The monoisotopic (exact) mass is 285 g/mol. The second-order valence-corrected chi connectivity index (χ2v) is 5.34. The van der Waals surface area contributed by atoms with Gasteiger partial charge in [-0.3, -0.25) is 4.79 Å². The summed E-state index contributed by atoms with van der Waals surface area (Å²) in [7, 11) is 0. The van der Waals surface area contributed by atoms with E-state index in [4.69, 9.17) is 10.5 Å². The van der Waals surface area contributed by atoms with E-state index in [0.717, 1.165) is 42.3 Å². The van der Waals surface area contributed by atoms with Crippen molar-refractivity contribution in [3.05, 3.63) is 41.6 Å². The summed E-state index contributed by atoms with van der Waals surface area (Å²) in [5.41, 5.74) is 9.66. The molecule has 0 radical (unpaired) electrons. The lowest BCUT2D eigenvalue weighted by Crippen LogP contribution is -2.19. The average Bonchev–Trinajstić information content (AvgIpc) is 3.09. The van der Waals surface area contributed by atoms with E-state index in [1.54, 1.807) is 0 Å². The number of para-hydroxylation sites is 1. The summed E-state index contributed by atoms with van der Waals surface area (Å²) >= 11 is 0. The molecule has 1 aliphatic heterocycles. The highest BCUT2D eigenvalue weighted by molar-refractivity contribution is 5.96. The van der Waals surface area contributed by atoms with Gasteiger partial charge in [0.05, 0.1) is 18.2 Å². The number of hydrogen-bond donors (Lipinski definition) is 3. The van der Waals surface area contributed by atoms with Crippen molar-refractivity contribution in [2.75, 3.05) is 18.5 Å². The third kappa shape index (κ3) is 2.78. The lowest BCUT2D eigenvalue weighted by molar-refractivity contribution is 0.1000. The first-order valence-corrected chi connectivity index (χ1v) is 7.08. The van der Waals surface area contributed by atoms with Gasteiger partial charge in [0.2, 0.25) is 0 Å². The number of ether oxygens (including phenoxy) is 1. The first kappa shape index (κ1) is 13.7. The smallest absolute Gasteiger partial charge is 0.250 e. The lowest BCUT2D eigenvalue weighted by atomic mass is 10.1. The molecule has 21 heavy (non-hydrogen) atoms. The molecule has 1 aromatic heterocycles. The topological polar surface area (TPSA) is 80.1 Å². The van der Waals surface area contributed by atoms with Crippen LogP contribution in [0.15, 0.2) is 30.3 Å². The van der Waals surface area contributed by atoms with Gasteiger partial charge in [-0.05, 0) is 25.5 Å². The fourth-order valence-electron chi connectivity index (χ4n) is 2.67. The number of amides is 1. The lowest BCUT2D eigenvalue weighted by Gasteiger charge is -2.15. The van der Waals surface area contributed by atoms with E-state index >= 15 is 0 Å². The van der Waals surface area contributed by atoms with Gasteiger partial charge in [0, 0.05) is 29.2 Å². The van der Waals surface area contributed by atoms with Crippen molar-refractivity contribution < 1.29 is 9.53 Å². The number of nitrogens with two attached hydrogens (primary N) is 1. The normalized spacial score (nSPS) is 17.9. The van der Waals surface area contributed by atoms with E-state index in [1.165, 1.54) is 0 Å². The largest absolute Gasteiger partial charge is 0.379 e. The van der Waals surface area contributed by atoms with Crippen molar-refractivity contribution >= 4 is 11.6 Å². The van der Waals surface area contributed by atoms with Gasteiger partial charge >= 0.3 is 0 Å². The van der Waals surface area contributed by atoms with E-state index in [0.29, 0.717) is 11.6 Å². The van der Waals surface area contributed by atoms with Crippen molar-refractivity contribution in [1.29, 1.82) is 0 Å². The van der Waals surface area contributed by atoms with Crippen LogP contribution in [0.25, 0.3) is 11.3 Å². The highest BCUT2D eigenvalue weighted by Gasteiger charge is 2.18. The predicted octanol–water partition coefficient (Wildman–Crippen LogP) is 2.29. The molecule has 0 saturated carbocycles. The Morgan fingerprint density at radius 3 is 2.90 bits per heavy atom. The minimum Gasteiger partial charge on any atom is -0.379 e. The van der Waals surface area contributed by atoms with Gasteiger partial charge in [-0.2, -0.15) is 0 Å². The quantitative estimate of drug-likeness (QED) is 0.806. The highest BCUT2D eigenvalue weighted by Crippen LogP contribution is 2.29. The Balaban J connectivity index is 1.94. The van der Waals surface area contributed by atoms with Gasteiger partial charge in [0.15, 0.2) is 0 Å². The molecule has 4 N–H and O–H groups in total. The van der Waals surface area contributed by atoms with Crippen LogP contribution in [0.5, 0.6) is 0 Å². The van der Waals surface area contributed by atoms with E-state index in [9.17, 15) is 4.79 Å². The van der Waals surface area contributed by atoms with Gasteiger partial charge in [0.25, 0.3) is 5.91 Å². The van der Waals surface area contributed by atoms with E-state index < -0.39 is 5.91 Å². The summed E-state index contributed by atoms with van der Waals surface area (Å²) in [5, 5.41) is 3.50. The van der Waals surface area contributed by atoms with Crippen LogP contribution in [0, 0.1) is 6.92 Å². The SMILES string of the molecule is Cc1[nH]c(-c2ccccc2NC2CCOC2)cc1C(N)=O. The number of nitrogens with one attached hydrogen (secondary N) is 2. The van der Waals surface area contributed by atoms with Crippen molar-refractivity contribution in [3.8, 4) is 11.3 Å². The fourth-order valence-corrected chi connectivity index (χ4v) is 2.67. The predicted molar refractivity (Wildman–Crippen MR) is 82.3 cm³/mol. The zero-order valence-electron chi connectivity index (χ0n) is 12.0. The molecule has 2 aromatic rings. The molecule has 0 aliphatic carbocycles. The van der Waals surface area contributed by atoms with Gasteiger partial charge < -0.3 is 20.8 Å². The van der Waals surface area contributed by atoms with E-state index in [1.807, 2.05) is 37.3 Å². The maximum atomic E-state index is 11.4. The molecule has 1 fully saturated rings. The van der Waals surface area contributed by atoms with Gasteiger partial charge in [-0.25, -0.2) is 0 Å². The molecule has 1 aliphatic rings. The number of carbonyl (C=O) groups excluding carboxylic acids is 1. The van der Waals surface area contributed by atoms with Crippen LogP contribution in [-0.4, -0.2) is 30.1 Å². The molecule has 1 aromatic carbocycles. The number of hydrogen-bond acceptors (Lipinski definition) is 3. The highest BCUT2D eigenvalue weighted by atomic mass is 16.5. The molecular weight excluding hydrogens is 266 g/mol. The number of rotatable bonds is 4. The maximum absolute atomic E-state index is 11.4. The molecule has 3 rings (SSSR count). The first-order chi connectivity index (χ1) is 10.1. The second-order valence-electron chi connectivity index (χ2n) is 5.34. The number of aryl methyl sites for hydroxylation is 1. The number of aromatic amines is 1. The Hall–Kier alpha value is -2.27. The Kier molecular flexibility index (Phi) is 3.66. The van der Waals surface area contributed by atoms with Crippen molar-refractivity contribution in [2.45, 2.75) is 19.4 Å². The first-order valence-electron chi connectivity index (χ1n) is 7.08. The van der Waals surface area contributed by atoms with Crippen LogP contribution in [0.4, 0.5) is 5.69 Å². The number of carbonyl (C=O) groups is 1. The van der Waals surface area contributed by atoms with Gasteiger partial charge in [-0.15, -0.1) is 0 Å². The molecule has 1 saturated heterocycles. The second kappa shape index (κ2) is 5.61. The third-order valence-corrected chi connectivity index (χ3v) is 3.79. The van der Waals surface area contributed by atoms with Crippen LogP contribution < -0.4 is 11.1 Å². The standard InChI is InChI=1S/C16H19N3O2/c1-10-13(16(17)20)8-15(18-10)12-4-2-3-5-14(12)19-11-6-7-21-9-11/h2-5,8,11,18-19H,6-7,9H2,1H3,(H2,17,20). The van der Waals surface area contributed by atoms with E-state index in [-0.39, 0.29) is 0 Å². The minimum absolute atomic E-state index is 0.331. The van der Waals surface area contributed by atoms with E-state index in [2.05, 4.69) is 10.3 Å². The fraction of sp³-hybridized carbons (Fsp3) is 0.312. The zero-order chi connectivity index (χ0) is 14.8. The molecule has 1 unspecified atom stereocenters. The zero-order valence-corrected chi connectivity index (χ0v) is 12.0.